The summed E-state index contributed by atoms with van der Waals surface area (Å²) in [6.07, 6.45) is 2.00. The van der Waals surface area contributed by atoms with Gasteiger partial charge in [0, 0.05) is 10.9 Å². The van der Waals surface area contributed by atoms with Crippen LogP contribution in [-0.2, 0) is 0 Å². The van der Waals surface area contributed by atoms with Crippen LogP contribution in [0.4, 0.5) is 0 Å². The van der Waals surface area contributed by atoms with E-state index < -0.39 is 6.10 Å². The molecule has 154 valence electrons. The first-order valence-corrected chi connectivity index (χ1v) is 10.6. The Hall–Kier alpha value is -1.40. The Bertz CT molecular complexity index is 682. The molecule has 0 saturated heterocycles. The van der Waals surface area contributed by atoms with Crippen LogP contribution in [-0.4, -0.2) is 35.4 Å². The largest absolute Gasteiger partial charge is 1.00 e. The van der Waals surface area contributed by atoms with Gasteiger partial charge in [-0.1, -0.05) is 46.3 Å². The molecule has 28 heavy (non-hydrogen) atoms. The molecule has 3 N–H and O–H groups in total. The smallest absolute Gasteiger partial charge is 0.168 e. The third-order valence-electron chi connectivity index (χ3n) is 4.52. The van der Waals surface area contributed by atoms with Crippen LogP contribution < -0.4 is 22.5 Å². The summed E-state index contributed by atoms with van der Waals surface area (Å²) in [6.45, 7) is 3.31. The van der Waals surface area contributed by atoms with Gasteiger partial charge in [0.1, 0.15) is 17.9 Å². The fourth-order valence-corrected chi connectivity index (χ4v) is 3.22. The molecule has 0 bridgehead atoms. The molecule has 0 aliphatic carbocycles. The lowest BCUT2D eigenvalue weighted by Gasteiger charge is -2.17. The molecule has 2 aromatic carbocycles. The van der Waals surface area contributed by atoms with Crippen molar-refractivity contribution in [1.82, 2.24) is 0 Å². The molecule has 2 rings (SSSR count). The molecule has 0 heterocycles. The summed E-state index contributed by atoms with van der Waals surface area (Å²) < 4.78 is 5.66. The van der Waals surface area contributed by atoms with Crippen LogP contribution in [0.5, 0.6) is 5.75 Å². The minimum Gasteiger partial charge on any atom is -1.00 e. The topological polar surface area (TPSA) is 63.1 Å². The summed E-state index contributed by atoms with van der Waals surface area (Å²) in [4.78, 5) is 12.3. The number of Topliss-reactive ketones (excluding diaryl/α,β-unsaturated/α-hetero) is 1. The van der Waals surface area contributed by atoms with Gasteiger partial charge in [0.2, 0.25) is 0 Å². The quantitative estimate of drug-likeness (QED) is 0.270. The van der Waals surface area contributed by atoms with E-state index in [4.69, 9.17) is 4.74 Å². The number of unbranched alkanes of at least 4 members (excludes halogenated alkanes) is 1. The Morgan fingerprint density at radius 2 is 1.79 bits per heavy atom. The Kier molecular flexibility index (Phi) is 12.1. The first-order chi connectivity index (χ1) is 13.1. The maximum atomic E-state index is 12.3. The molecule has 0 fully saturated rings. The zero-order chi connectivity index (χ0) is 19.5. The lowest BCUT2D eigenvalue weighted by atomic mass is 10.0. The van der Waals surface area contributed by atoms with E-state index in [1.165, 1.54) is 0 Å². The van der Waals surface area contributed by atoms with Crippen LogP contribution in [0.15, 0.2) is 54.6 Å². The van der Waals surface area contributed by atoms with Crippen molar-refractivity contribution in [2.45, 2.75) is 38.3 Å². The molecule has 0 saturated carbocycles. The highest BCUT2D eigenvalue weighted by Gasteiger charge is 2.19. The number of aliphatic hydroxyl groups is 1. The van der Waals surface area contributed by atoms with Gasteiger partial charge < -0.3 is 27.6 Å². The number of nitrogens with two attached hydrogens (primary N) is 1. The van der Waals surface area contributed by atoms with Crippen LogP contribution in [0.1, 0.15) is 48.2 Å². The molecular weight excluding hydrogens is 442 g/mol. The maximum Gasteiger partial charge on any atom is 0.168 e. The molecule has 0 radical (unpaired) electrons. The Morgan fingerprint density at radius 1 is 1.11 bits per heavy atom. The van der Waals surface area contributed by atoms with Gasteiger partial charge >= 0.3 is 0 Å². The second kappa shape index (κ2) is 13.7. The summed E-state index contributed by atoms with van der Waals surface area (Å²) in [6, 6.07) is 17.0. The number of ether oxygens (including phenoxy) is 1. The fraction of sp³-hybridized carbons (Fsp3) is 0.409. The van der Waals surface area contributed by atoms with E-state index in [1.54, 1.807) is 0 Å². The summed E-state index contributed by atoms with van der Waals surface area (Å²) in [7, 11) is 0. The molecular formula is C22H29BrClNO3. The van der Waals surface area contributed by atoms with E-state index >= 15 is 0 Å². The van der Waals surface area contributed by atoms with Gasteiger partial charge in [0.05, 0.1) is 19.6 Å². The van der Waals surface area contributed by atoms with Crippen molar-refractivity contribution < 1.29 is 32.4 Å². The number of alkyl halides is 1. The second-order valence-corrected chi connectivity index (χ2v) is 7.47. The van der Waals surface area contributed by atoms with E-state index in [0.29, 0.717) is 25.1 Å². The standard InChI is InChI=1S/C22H28BrNO3.ClH/c1-17(22(26)19-7-3-2-4-8-19)24-15-13-21(25)18-9-11-20(12-10-18)27-16-6-5-14-23;/h2-4,7-12,17,22,24,26H,5-6,13-16H2,1H3;1H. The van der Waals surface area contributed by atoms with E-state index in [-0.39, 0.29) is 24.2 Å². The van der Waals surface area contributed by atoms with Crippen molar-refractivity contribution in [1.29, 1.82) is 0 Å². The summed E-state index contributed by atoms with van der Waals surface area (Å²) in [5.41, 5.74) is 1.60. The van der Waals surface area contributed by atoms with E-state index in [2.05, 4.69) is 15.9 Å². The molecule has 0 aliphatic heterocycles. The van der Waals surface area contributed by atoms with Crippen LogP contribution >= 0.6 is 15.9 Å². The number of ketones is 1. The van der Waals surface area contributed by atoms with Crippen molar-refractivity contribution in [3.63, 3.8) is 0 Å². The van der Waals surface area contributed by atoms with Gasteiger partial charge in [-0.05, 0) is 49.6 Å². The van der Waals surface area contributed by atoms with E-state index in [9.17, 15) is 9.90 Å². The van der Waals surface area contributed by atoms with Crippen LogP contribution in [0.3, 0.4) is 0 Å². The number of rotatable bonds is 12. The third-order valence-corrected chi connectivity index (χ3v) is 5.08. The lowest BCUT2D eigenvalue weighted by molar-refractivity contribution is -0.693. The molecule has 0 amide bonds. The van der Waals surface area contributed by atoms with Crippen LogP contribution in [0, 0.1) is 0 Å². The Morgan fingerprint density at radius 3 is 2.43 bits per heavy atom. The lowest BCUT2D eigenvalue weighted by Crippen LogP contribution is -3.00. The predicted molar refractivity (Wildman–Crippen MR) is 112 cm³/mol. The van der Waals surface area contributed by atoms with Gasteiger partial charge in [0.25, 0.3) is 0 Å². The normalized spacial score (nSPS) is 12.7. The molecule has 2 atom stereocenters. The highest BCUT2D eigenvalue weighted by Crippen LogP contribution is 2.15. The zero-order valence-corrected chi connectivity index (χ0v) is 18.5. The first-order valence-electron chi connectivity index (χ1n) is 9.50. The average molecular weight is 471 g/mol. The van der Waals surface area contributed by atoms with Crippen molar-refractivity contribution in [3.8, 4) is 5.75 Å². The van der Waals surface area contributed by atoms with Crippen molar-refractivity contribution in [2.24, 2.45) is 0 Å². The average Bonchev–Trinajstić information content (AvgIpc) is 2.71. The molecule has 6 heteroatoms. The summed E-state index contributed by atoms with van der Waals surface area (Å²) in [5.74, 6) is 0.908. The molecule has 2 unspecified atom stereocenters. The second-order valence-electron chi connectivity index (χ2n) is 6.68. The number of carbonyl (C=O) groups is 1. The highest BCUT2D eigenvalue weighted by molar-refractivity contribution is 9.09. The molecule has 0 aromatic heterocycles. The summed E-state index contributed by atoms with van der Waals surface area (Å²) in [5, 5.41) is 13.4. The number of carbonyl (C=O) groups excluding carboxylic acids is 1. The number of halogens is 2. The number of aliphatic hydroxyl groups excluding tert-OH is 1. The summed E-state index contributed by atoms with van der Waals surface area (Å²) >= 11 is 3.40. The minimum atomic E-state index is -0.540. The third kappa shape index (κ3) is 8.31. The zero-order valence-electron chi connectivity index (χ0n) is 16.2. The Labute approximate surface area is 182 Å². The number of benzene rings is 2. The van der Waals surface area contributed by atoms with Gasteiger partial charge in [0.15, 0.2) is 5.78 Å². The first kappa shape index (κ1) is 24.6. The van der Waals surface area contributed by atoms with Gasteiger partial charge in [-0.2, -0.15) is 0 Å². The van der Waals surface area contributed by atoms with Crippen molar-refractivity contribution in [3.05, 3.63) is 65.7 Å². The molecule has 4 nitrogen and oxygen atoms in total. The number of quaternary nitrogens is 1. The Balaban J connectivity index is 0.00000392. The predicted octanol–water partition coefficient (Wildman–Crippen LogP) is 0.503. The highest BCUT2D eigenvalue weighted by atomic mass is 79.9. The monoisotopic (exact) mass is 469 g/mol. The molecule has 0 spiro atoms. The molecule has 0 aliphatic rings. The van der Waals surface area contributed by atoms with Gasteiger partial charge in [-0.15, -0.1) is 0 Å². The van der Waals surface area contributed by atoms with E-state index in [0.717, 1.165) is 29.5 Å². The number of hydrogen-bond donors (Lipinski definition) is 2. The van der Waals surface area contributed by atoms with Gasteiger partial charge in [-0.3, -0.25) is 4.79 Å². The molecule has 2 aromatic rings. The van der Waals surface area contributed by atoms with E-state index in [1.807, 2.05) is 66.8 Å². The number of hydrogen-bond acceptors (Lipinski definition) is 3. The van der Waals surface area contributed by atoms with Crippen molar-refractivity contribution in [2.75, 3.05) is 18.5 Å². The van der Waals surface area contributed by atoms with Gasteiger partial charge in [-0.25, -0.2) is 0 Å². The fourth-order valence-electron chi connectivity index (χ4n) is 2.83. The minimum absolute atomic E-state index is 0. The van der Waals surface area contributed by atoms with Crippen LogP contribution in [0.25, 0.3) is 0 Å². The maximum absolute atomic E-state index is 12.3. The van der Waals surface area contributed by atoms with Crippen LogP contribution in [0.2, 0.25) is 0 Å². The SMILES string of the molecule is CC([NH2+]CCC(=O)c1ccc(OCCCCBr)cc1)C(O)c1ccccc1.[Cl-]. The van der Waals surface area contributed by atoms with Crippen molar-refractivity contribution >= 4 is 21.7 Å².